The largest absolute Gasteiger partial charge is 0.497 e. The summed E-state index contributed by atoms with van der Waals surface area (Å²) in [7, 11) is 1.62. The molecule has 1 atom stereocenters. The molecule has 2 N–H and O–H groups in total. The molecule has 0 fully saturated rings. The Bertz CT molecular complexity index is 889. The molecule has 0 unspecified atom stereocenters. The lowest BCUT2D eigenvalue weighted by Gasteiger charge is -2.26. The lowest BCUT2D eigenvalue weighted by atomic mass is 9.99. The van der Waals surface area contributed by atoms with Gasteiger partial charge in [-0.1, -0.05) is 30.7 Å². The van der Waals surface area contributed by atoms with E-state index >= 15 is 0 Å². The van der Waals surface area contributed by atoms with Crippen LogP contribution in [0.5, 0.6) is 5.75 Å². The van der Waals surface area contributed by atoms with Gasteiger partial charge in [0.05, 0.1) is 18.5 Å². The van der Waals surface area contributed by atoms with Crippen LogP contribution in [-0.4, -0.2) is 30.5 Å². The summed E-state index contributed by atoms with van der Waals surface area (Å²) in [4.78, 5) is 6.53. The van der Waals surface area contributed by atoms with E-state index in [4.69, 9.17) is 32.1 Å². The average Bonchev–Trinajstić information content (AvgIpc) is 2.75. The van der Waals surface area contributed by atoms with E-state index in [1.807, 2.05) is 49.4 Å². The third kappa shape index (κ3) is 3.22. The van der Waals surface area contributed by atoms with Crippen LogP contribution in [0, 0.1) is 10.8 Å². The van der Waals surface area contributed by atoms with Crippen molar-refractivity contribution in [1.29, 1.82) is 10.8 Å². The number of hydrogen-bond acceptors (Lipinski definition) is 4. The third-order valence-electron chi connectivity index (χ3n) is 4.38. The monoisotopic (exact) mass is 368 g/mol. The normalized spacial score (nSPS) is 16.6. The molecule has 1 aliphatic heterocycles. The maximum absolute atomic E-state index is 8.62. The van der Waals surface area contributed by atoms with E-state index in [-0.39, 0.29) is 11.9 Å². The van der Waals surface area contributed by atoms with E-state index in [1.54, 1.807) is 18.9 Å². The summed E-state index contributed by atoms with van der Waals surface area (Å²) >= 11 is 6.04. The molecule has 3 rings (SSSR count). The maximum atomic E-state index is 8.62. The van der Waals surface area contributed by atoms with Gasteiger partial charge in [-0.15, -0.1) is 0 Å². The first kappa shape index (κ1) is 18.1. The second-order valence-corrected chi connectivity index (χ2v) is 6.53. The summed E-state index contributed by atoms with van der Waals surface area (Å²) in [6.45, 7) is 3.68. The molecule has 5 nitrogen and oxygen atoms in total. The van der Waals surface area contributed by atoms with Crippen molar-refractivity contribution in [3.8, 4) is 5.75 Å². The van der Waals surface area contributed by atoms with Gasteiger partial charge >= 0.3 is 0 Å². The highest BCUT2D eigenvalue weighted by molar-refractivity contribution is 6.31. The van der Waals surface area contributed by atoms with Crippen LogP contribution in [0.15, 0.2) is 47.5 Å². The first-order valence-electron chi connectivity index (χ1n) is 8.42. The summed E-state index contributed by atoms with van der Waals surface area (Å²) < 4.78 is 5.40. The van der Waals surface area contributed by atoms with Gasteiger partial charge in [0.15, 0.2) is 0 Å². The van der Waals surface area contributed by atoms with Gasteiger partial charge in [0.2, 0.25) is 0 Å². The van der Waals surface area contributed by atoms with Crippen molar-refractivity contribution in [2.75, 3.05) is 12.0 Å². The van der Waals surface area contributed by atoms with Crippen molar-refractivity contribution in [1.82, 2.24) is 0 Å². The molecule has 1 heterocycles. The lowest BCUT2D eigenvalue weighted by Crippen LogP contribution is -2.40. The topological polar surface area (TPSA) is 72.5 Å². The summed E-state index contributed by atoms with van der Waals surface area (Å²) in [5, 5.41) is 17.5. The fourth-order valence-electron chi connectivity index (χ4n) is 3.08. The zero-order valence-corrected chi connectivity index (χ0v) is 15.8. The molecule has 0 radical (unpaired) electrons. The SMILES string of the molecule is CC[C@@H]1N=C(c2ccc(Cl)cc2)c2cc(OC)ccc2N(C(C)=N)C1=N. The molecule has 134 valence electrons. The highest BCUT2D eigenvalue weighted by Gasteiger charge is 2.30. The minimum atomic E-state index is -0.334. The Kier molecular flexibility index (Phi) is 5.09. The molecule has 2 aromatic carbocycles. The van der Waals surface area contributed by atoms with E-state index in [2.05, 4.69) is 0 Å². The van der Waals surface area contributed by atoms with Crippen LogP contribution in [0.4, 0.5) is 5.69 Å². The molecule has 0 bridgehead atoms. The predicted molar refractivity (Wildman–Crippen MR) is 108 cm³/mol. The van der Waals surface area contributed by atoms with Crippen molar-refractivity contribution in [2.45, 2.75) is 26.3 Å². The van der Waals surface area contributed by atoms with Crippen molar-refractivity contribution in [3.63, 3.8) is 0 Å². The average molecular weight is 369 g/mol. The van der Waals surface area contributed by atoms with Gasteiger partial charge < -0.3 is 4.74 Å². The predicted octanol–water partition coefficient (Wildman–Crippen LogP) is 4.76. The Labute approximate surface area is 158 Å². The standard InChI is InChI=1S/C20H21ClN4O/c1-4-17-20(23)25(12(2)22)18-10-9-15(26-3)11-16(18)19(24-17)13-5-7-14(21)8-6-13/h5-11,17,22-23H,4H2,1-3H3/t17-/m0/s1. The third-order valence-corrected chi connectivity index (χ3v) is 4.63. The highest BCUT2D eigenvalue weighted by atomic mass is 35.5. The lowest BCUT2D eigenvalue weighted by molar-refractivity contribution is 0.415. The number of anilines is 1. The molecule has 1 aliphatic rings. The first-order valence-corrected chi connectivity index (χ1v) is 8.80. The minimum Gasteiger partial charge on any atom is -0.497 e. The summed E-state index contributed by atoms with van der Waals surface area (Å²) in [5.74, 6) is 1.29. The van der Waals surface area contributed by atoms with Crippen LogP contribution in [0.25, 0.3) is 0 Å². The van der Waals surface area contributed by atoms with Gasteiger partial charge in [0.1, 0.15) is 23.5 Å². The number of nitrogens with one attached hydrogen (secondary N) is 2. The smallest absolute Gasteiger partial charge is 0.131 e. The fraction of sp³-hybridized carbons (Fsp3) is 0.250. The molecule has 0 saturated carbocycles. The molecule has 0 spiro atoms. The second-order valence-electron chi connectivity index (χ2n) is 6.10. The number of methoxy groups -OCH3 is 1. The number of hydrogen-bond donors (Lipinski definition) is 2. The number of benzene rings is 2. The number of halogens is 1. The van der Waals surface area contributed by atoms with Crippen molar-refractivity contribution in [2.24, 2.45) is 4.99 Å². The number of ether oxygens (including phenoxy) is 1. The Morgan fingerprint density at radius 3 is 2.50 bits per heavy atom. The van der Waals surface area contributed by atoms with E-state index in [0.29, 0.717) is 23.0 Å². The molecule has 0 amide bonds. The van der Waals surface area contributed by atoms with Crippen LogP contribution >= 0.6 is 11.6 Å². The Morgan fingerprint density at radius 2 is 1.92 bits per heavy atom. The molecular weight excluding hydrogens is 348 g/mol. The van der Waals surface area contributed by atoms with Gasteiger partial charge in [-0.05, 0) is 43.7 Å². The van der Waals surface area contributed by atoms with Crippen LogP contribution in [-0.2, 0) is 0 Å². The highest BCUT2D eigenvalue weighted by Crippen LogP contribution is 2.32. The minimum absolute atomic E-state index is 0.285. The summed E-state index contributed by atoms with van der Waals surface area (Å²) in [6.07, 6.45) is 0.671. The van der Waals surface area contributed by atoms with E-state index in [0.717, 1.165) is 22.5 Å². The van der Waals surface area contributed by atoms with Crippen LogP contribution in [0.1, 0.15) is 31.4 Å². The van der Waals surface area contributed by atoms with Gasteiger partial charge in [-0.25, -0.2) is 0 Å². The maximum Gasteiger partial charge on any atom is 0.131 e. The van der Waals surface area contributed by atoms with Crippen LogP contribution < -0.4 is 9.64 Å². The zero-order chi connectivity index (χ0) is 18.8. The van der Waals surface area contributed by atoms with E-state index < -0.39 is 0 Å². The molecule has 6 heteroatoms. The van der Waals surface area contributed by atoms with Crippen molar-refractivity contribution >= 4 is 34.7 Å². The number of aliphatic imine (C=N–C) groups is 1. The molecule has 0 saturated heterocycles. The van der Waals surface area contributed by atoms with Crippen LogP contribution in [0.3, 0.4) is 0 Å². The Hall–Kier alpha value is -2.66. The van der Waals surface area contributed by atoms with E-state index in [9.17, 15) is 0 Å². The summed E-state index contributed by atoms with van der Waals surface area (Å²) in [6, 6.07) is 12.8. The Morgan fingerprint density at radius 1 is 1.23 bits per heavy atom. The first-order chi connectivity index (χ1) is 12.5. The molecule has 26 heavy (non-hydrogen) atoms. The van der Waals surface area contributed by atoms with Gasteiger partial charge in [-0.2, -0.15) is 0 Å². The van der Waals surface area contributed by atoms with Gasteiger partial charge in [-0.3, -0.25) is 20.7 Å². The molecule has 0 aromatic heterocycles. The molecular formula is C20H21ClN4O. The fourth-order valence-corrected chi connectivity index (χ4v) is 3.20. The van der Waals surface area contributed by atoms with Crippen molar-refractivity contribution < 1.29 is 4.74 Å². The quantitative estimate of drug-likeness (QED) is 0.605. The number of nitrogens with zero attached hydrogens (tertiary/aromatic N) is 2. The molecule has 0 aliphatic carbocycles. The summed E-state index contributed by atoms with van der Waals surface area (Å²) in [5.41, 5.74) is 3.28. The van der Waals surface area contributed by atoms with Gasteiger partial charge in [0.25, 0.3) is 0 Å². The van der Waals surface area contributed by atoms with Crippen molar-refractivity contribution in [3.05, 3.63) is 58.6 Å². The van der Waals surface area contributed by atoms with Crippen LogP contribution in [0.2, 0.25) is 5.02 Å². The Balaban J connectivity index is 2.30. The van der Waals surface area contributed by atoms with E-state index in [1.165, 1.54) is 0 Å². The second kappa shape index (κ2) is 7.30. The number of benzodiazepines with no additional fused rings is 1. The number of fused-ring (bicyclic) bond motifs is 1. The number of amidine groups is 2. The molecule has 2 aromatic rings. The zero-order valence-electron chi connectivity index (χ0n) is 15.0. The van der Waals surface area contributed by atoms with Gasteiger partial charge in [0, 0.05) is 16.1 Å². The number of rotatable bonds is 3.